The molecule has 168 valence electrons. The molecule has 0 unspecified atom stereocenters. The van der Waals surface area contributed by atoms with E-state index >= 15 is 0 Å². The van der Waals surface area contributed by atoms with E-state index in [2.05, 4.69) is 137 Å². The van der Waals surface area contributed by atoms with Gasteiger partial charge in [-0.15, -0.1) is 0 Å². The number of fused-ring (bicyclic) bond motifs is 10. The van der Waals surface area contributed by atoms with E-state index in [0.717, 1.165) is 0 Å². The van der Waals surface area contributed by atoms with Crippen molar-refractivity contribution >= 4 is 54.4 Å². The Kier molecular flexibility index (Phi) is 3.97. The highest BCUT2D eigenvalue weighted by Gasteiger charge is 2.21. The van der Waals surface area contributed by atoms with Crippen molar-refractivity contribution in [1.29, 1.82) is 0 Å². The van der Waals surface area contributed by atoms with Crippen LogP contribution in [-0.4, -0.2) is 9.55 Å². The molecule has 0 bridgehead atoms. The van der Waals surface area contributed by atoms with Gasteiger partial charge >= 0.3 is 0 Å². The summed E-state index contributed by atoms with van der Waals surface area (Å²) in [6.07, 6.45) is 0. The number of aromatic amines is 1. The van der Waals surface area contributed by atoms with Gasteiger partial charge in [-0.1, -0.05) is 97.1 Å². The minimum absolute atomic E-state index is 1.17. The van der Waals surface area contributed by atoms with Gasteiger partial charge in [-0.2, -0.15) is 0 Å². The van der Waals surface area contributed by atoms with Crippen LogP contribution in [0.2, 0.25) is 0 Å². The fourth-order valence-corrected chi connectivity index (χ4v) is 5.97. The third kappa shape index (κ3) is 2.61. The van der Waals surface area contributed by atoms with E-state index in [9.17, 15) is 0 Å². The van der Waals surface area contributed by atoms with E-state index < -0.39 is 0 Å². The molecule has 0 fully saturated rings. The van der Waals surface area contributed by atoms with Crippen LogP contribution in [0.3, 0.4) is 0 Å². The molecule has 1 N–H and O–H groups in total. The molecule has 0 radical (unpaired) electrons. The average molecular weight is 459 g/mol. The van der Waals surface area contributed by atoms with E-state index in [1.807, 2.05) is 0 Å². The Balaban J connectivity index is 1.68. The summed E-state index contributed by atoms with van der Waals surface area (Å²) >= 11 is 0. The van der Waals surface area contributed by atoms with Crippen LogP contribution in [0.4, 0.5) is 0 Å². The highest BCUT2D eigenvalue weighted by Crippen LogP contribution is 2.45. The second-order valence-electron chi connectivity index (χ2n) is 9.46. The van der Waals surface area contributed by atoms with Crippen molar-refractivity contribution in [1.82, 2.24) is 9.55 Å². The molecular formula is C34H22N2. The van der Waals surface area contributed by atoms with Crippen molar-refractivity contribution in [3.8, 4) is 16.8 Å². The highest BCUT2D eigenvalue weighted by molar-refractivity contribution is 6.36. The monoisotopic (exact) mass is 458 g/mol. The molecule has 2 heterocycles. The van der Waals surface area contributed by atoms with Crippen LogP contribution in [0.1, 0.15) is 0 Å². The molecule has 8 rings (SSSR count). The summed E-state index contributed by atoms with van der Waals surface area (Å²) in [6.45, 7) is 0. The fraction of sp³-hybridized carbons (Fsp3) is 0. The molecule has 2 nitrogen and oxygen atoms in total. The predicted octanol–water partition coefficient (Wildman–Crippen LogP) is 9.24. The topological polar surface area (TPSA) is 20.7 Å². The number of nitrogens with zero attached hydrogens (tertiary/aromatic N) is 1. The molecule has 0 saturated carbocycles. The van der Waals surface area contributed by atoms with Crippen molar-refractivity contribution < 1.29 is 0 Å². The van der Waals surface area contributed by atoms with Crippen LogP contribution in [0.5, 0.6) is 0 Å². The first-order chi connectivity index (χ1) is 17.9. The minimum atomic E-state index is 1.17. The van der Waals surface area contributed by atoms with Gasteiger partial charge in [-0.3, -0.25) is 0 Å². The van der Waals surface area contributed by atoms with Crippen molar-refractivity contribution in [2.24, 2.45) is 0 Å². The molecule has 6 aromatic carbocycles. The Hall–Kier alpha value is -4.82. The molecule has 0 aliphatic rings. The van der Waals surface area contributed by atoms with Crippen LogP contribution < -0.4 is 0 Å². The molecule has 0 aliphatic carbocycles. The Labute approximate surface area is 208 Å². The first kappa shape index (κ1) is 19.5. The molecule has 2 aromatic heterocycles. The van der Waals surface area contributed by atoms with Gasteiger partial charge in [0, 0.05) is 43.5 Å². The van der Waals surface area contributed by atoms with Gasteiger partial charge < -0.3 is 9.55 Å². The first-order valence-electron chi connectivity index (χ1n) is 12.4. The van der Waals surface area contributed by atoms with E-state index in [1.165, 1.54) is 71.2 Å². The number of hydrogen-bond donors (Lipinski definition) is 1. The summed E-state index contributed by atoms with van der Waals surface area (Å²) in [6, 6.07) is 45.8. The summed E-state index contributed by atoms with van der Waals surface area (Å²) in [5.41, 5.74) is 8.50. The van der Waals surface area contributed by atoms with Gasteiger partial charge in [0.1, 0.15) is 0 Å². The Bertz CT molecular complexity index is 2080. The number of aromatic nitrogens is 2. The van der Waals surface area contributed by atoms with E-state index in [-0.39, 0.29) is 0 Å². The number of H-pyrrole nitrogens is 1. The van der Waals surface area contributed by atoms with Crippen LogP contribution in [0, 0.1) is 0 Å². The third-order valence-corrected chi connectivity index (χ3v) is 7.50. The van der Waals surface area contributed by atoms with Gasteiger partial charge in [0.2, 0.25) is 0 Å². The quantitative estimate of drug-likeness (QED) is 0.266. The minimum Gasteiger partial charge on any atom is -0.354 e. The van der Waals surface area contributed by atoms with Gasteiger partial charge in [0.05, 0.1) is 16.6 Å². The number of rotatable bonds is 2. The SMILES string of the molecule is c1ccc(-c2ccc3c(c2)c2c4c5ccccc5[nH]c4c4ccccc4c2n3-c2ccccc2)cc1. The lowest BCUT2D eigenvalue weighted by atomic mass is 9.97. The zero-order valence-electron chi connectivity index (χ0n) is 19.6. The molecule has 0 amide bonds. The third-order valence-electron chi connectivity index (χ3n) is 7.50. The molecule has 2 heteroatoms. The Morgan fingerprint density at radius 3 is 1.94 bits per heavy atom. The van der Waals surface area contributed by atoms with Crippen molar-refractivity contribution in [3.63, 3.8) is 0 Å². The summed E-state index contributed by atoms with van der Waals surface area (Å²) in [7, 11) is 0. The number of nitrogens with one attached hydrogen (secondary N) is 1. The van der Waals surface area contributed by atoms with Gasteiger partial charge in [-0.05, 0) is 41.5 Å². The molecule has 36 heavy (non-hydrogen) atoms. The Morgan fingerprint density at radius 2 is 1.14 bits per heavy atom. The summed E-state index contributed by atoms with van der Waals surface area (Å²) in [5, 5.41) is 7.64. The van der Waals surface area contributed by atoms with Crippen LogP contribution in [0.15, 0.2) is 127 Å². The number of hydrogen-bond acceptors (Lipinski definition) is 0. The molecule has 0 spiro atoms. The molecule has 0 saturated heterocycles. The number of para-hydroxylation sites is 2. The molecule has 8 aromatic rings. The van der Waals surface area contributed by atoms with Gasteiger partial charge in [-0.25, -0.2) is 0 Å². The molecule has 0 aliphatic heterocycles. The lowest BCUT2D eigenvalue weighted by molar-refractivity contribution is 1.19. The fourth-order valence-electron chi connectivity index (χ4n) is 5.97. The largest absolute Gasteiger partial charge is 0.354 e. The van der Waals surface area contributed by atoms with E-state index in [0.29, 0.717) is 0 Å². The van der Waals surface area contributed by atoms with Crippen molar-refractivity contribution in [2.75, 3.05) is 0 Å². The van der Waals surface area contributed by atoms with Crippen LogP contribution in [0.25, 0.3) is 71.2 Å². The van der Waals surface area contributed by atoms with Gasteiger partial charge in [0.25, 0.3) is 0 Å². The normalized spacial score (nSPS) is 11.9. The maximum Gasteiger partial charge on any atom is 0.0627 e. The van der Waals surface area contributed by atoms with Crippen molar-refractivity contribution in [2.45, 2.75) is 0 Å². The molecular weight excluding hydrogens is 436 g/mol. The van der Waals surface area contributed by atoms with E-state index in [4.69, 9.17) is 0 Å². The summed E-state index contributed by atoms with van der Waals surface area (Å²) < 4.78 is 2.45. The highest BCUT2D eigenvalue weighted by atomic mass is 15.0. The average Bonchev–Trinajstić information content (AvgIpc) is 3.50. The lowest BCUT2D eigenvalue weighted by Crippen LogP contribution is -1.94. The predicted molar refractivity (Wildman–Crippen MR) is 153 cm³/mol. The second kappa shape index (κ2) is 7.34. The first-order valence-corrected chi connectivity index (χ1v) is 12.4. The molecule has 0 atom stereocenters. The zero-order chi connectivity index (χ0) is 23.6. The summed E-state index contributed by atoms with van der Waals surface area (Å²) in [4.78, 5) is 3.76. The van der Waals surface area contributed by atoms with Crippen LogP contribution >= 0.6 is 0 Å². The van der Waals surface area contributed by atoms with E-state index in [1.54, 1.807) is 0 Å². The standard InChI is InChI=1S/C34H22N2/c1-3-11-22(12-4-1)23-19-20-30-28(21-23)32-31-27-17-9-10-18-29(27)35-33(31)25-15-7-8-16-26(25)34(32)36(30)24-13-5-2-6-14-24/h1-21,35H. The lowest BCUT2D eigenvalue weighted by Gasteiger charge is -2.11. The number of benzene rings is 6. The zero-order valence-corrected chi connectivity index (χ0v) is 19.6. The van der Waals surface area contributed by atoms with Gasteiger partial charge in [0.15, 0.2) is 0 Å². The summed E-state index contributed by atoms with van der Waals surface area (Å²) in [5.74, 6) is 0. The maximum atomic E-state index is 3.76. The Morgan fingerprint density at radius 1 is 0.472 bits per heavy atom. The van der Waals surface area contributed by atoms with Crippen LogP contribution in [-0.2, 0) is 0 Å². The van der Waals surface area contributed by atoms with Crippen molar-refractivity contribution in [3.05, 3.63) is 127 Å². The smallest absolute Gasteiger partial charge is 0.0627 e. The second-order valence-corrected chi connectivity index (χ2v) is 9.46. The maximum absolute atomic E-state index is 3.76.